The molecule has 4 aromatic rings. The first-order valence-corrected chi connectivity index (χ1v) is 11.2. The lowest BCUT2D eigenvalue weighted by atomic mass is 10.1. The van der Waals surface area contributed by atoms with E-state index in [0.717, 1.165) is 18.4 Å². The summed E-state index contributed by atoms with van der Waals surface area (Å²) in [5.74, 6) is 1.52. The smallest absolute Gasteiger partial charge is 0.346 e. The number of H-pyrrole nitrogens is 1. The van der Waals surface area contributed by atoms with Crippen LogP contribution in [0.2, 0.25) is 0 Å². The molecule has 35 heavy (non-hydrogen) atoms. The number of hydrogen-bond acceptors (Lipinski definition) is 7. The molecule has 1 saturated carbocycles. The zero-order chi connectivity index (χ0) is 24.4. The van der Waals surface area contributed by atoms with E-state index in [4.69, 9.17) is 9.47 Å². The topological polar surface area (TPSA) is 129 Å². The van der Waals surface area contributed by atoms with Crippen molar-refractivity contribution in [1.82, 2.24) is 34.8 Å². The van der Waals surface area contributed by atoms with Crippen LogP contribution in [0, 0.1) is 0 Å². The van der Waals surface area contributed by atoms with Gasteiger partial charge in [-0.25, -0.2) is 9.48 Å². The van der Waals surface area contributed by atoms with Gasteiger partial charge < -0.3 is 14.8 Å². The number of benzene rings is 1. The number of pyridine rings is 1. The van der Waals surface area contributed by atoms with E-state index >= 15 is 0 Å². The van der Waals surface area contributed by atoms with Crippen LogP contribution in [0.1, 0.15) is 29.4 Å². The third-order valence-electron chi connectivity index (χ3n) is 5.82. The minimum absolute atomic E-state index is 0.165. The standard InChI is InChI=1S/C24H25N7O4/c1-34-17-7-8-21(35-2)18(12-17)19-13-20(28-27-19)23(32)26-10-11-30-24(33)31(16-5-6-16)22(29-30)15-4-3-9-25-14-15/h3-4,7-9,12-14,16H,5-6,10-11H2,1-2H3,(H,26,32)(H,27,28). The first-order valence-electron chi connectivity index (χ1n) is 11.2. The molecule has 0 unspecified atom stereocenters. The Balaban J connectivity index is 1.28. The molecule has 0 aliphatic heterocycles. The lowest BCUT2D eigenvalue weighted by Crippen LogP contribution is -2.32. The number of carbonyl (C=O) groups is 1. The zero-order valence-corrected chi connectivity index (χ0v) is 19.4. The maximum absolute atomic E-state index is 13.0. The number of amides is 1. The van der Waals surface area contributed by atoms with Crippen LogP contribution in [0.25, 0.3) is 22.6 Å². The average molecular weight is 476 g/mol. The van der Waals surface area contributed by atoms with E-state index in [2.05, 4.69) is 25.6 Å². The number of aromatic nitrogens is 6. The third-order valence-corrected chi connectivity index (χ3v) is 5.82. The number of nitrogens with one attached hydrogen (secondary N) is 2. The number of carbonyl (C=O) groups excluding carboxylic acids is 1. The van der Waals surface area contributed by atoms with Crippen LogP contribution in [-0.4, -0.2) is 56.2 Å². The molecule has 1 fully saturated rings. The molecule has 1 aliphatic rings. The number of aromatic amines is 1. The highest BCUT2D eigenvalue weighted by molar-refractivity contribution is 5.93. The van der Waals surface area contributed by atoms with Crippen molar-refractivity contribution in [1.29, 1.82) is 0 Å². The van der Waals surface area contributed by atoms with E-state index in [9.17, 15) is 9.59 Å². The fraction of sp³-hybridized carbons (Fsp3) is 0.292. The van der Waals surface area contributed by atoms with Gasteiger partial charge in [0.2, 0.25) is 0 Å². The maximum Gasteiger partial charge on any atom is 0.346 e. The van der Waals surface area contributed by atoms with Gasteiger partial charge in [-0.3, -0.25) is 19.4 Å². The summed E-state index contributed by atoms with van der Waals surface area (Å²) in [6, 6.07) is 10.9. The Labute approximate surface area is 200 Å². The van der Waals surface area contributed by atoms with Crippen LogP contribution in [0.4, 0.5) is 0 Å². The molecule has 0 atom stereocenters. The van der Waals surface area contributed by atoms with Crippen LogP contribution < -0.4 is 20.5 Å². The van der Waals surface area contributed by atoms with Crippen molar-refractivity contribution in [2.45, 2.75) is 25.4 Å². The van der Waals surface area contributed by atoms with Crippen molar-refractivity contribution in [3.8, 4) is 34.1 Å². The number of rotatable bonds is 9. The average Bonchev–Trinajstić information content (AvgIpc) is 3.50. The van der Waals surface area contributed by atoms with Gasteiger partial charge in [0.1, 0.15) is 17.2 Å². The molecule has 180 valence electrons. The Morgan fingerprint density at radius 1 is 1.20 bits per heavy atom. The van der Waals surface area contributed by atoms with Crippen molar-refractivity contribution in [2.75, 3.05) is 20.8 Å². The molecule has 3 heterocycles. The Morgan fingerprint density at radius 3 is 2.77 bits per heavy atom. The molecule has 1 aliphatic carbocycles. The number of ether oxygens (including phenoxy) is 2. The minimum Gasteiger partial charge on any atom is -0.497 e. The molecule has 2 N–H and O–H groups in total. The van der Waals surface area contributed by atoms with Crippen LogP contribution in [-0.2, 0) is 6.54 Å². The van der Waals surface area contributed by atoms with Gasteiger partial charge in [0.25, 0.3) is 5.91 Å². The summed E-state index contributed by atoms with van der Waals surface area (Å²) in [5.41, 5.74) is 2.14. The van der Waals surface area contributed by atoms with Crippen molar-refractivity contribution >= 4 is 5.91 Å². The molecule has 0 radical (unpaired) electrons. The quantitative estimate of drug-likeness (QED) is 0.380. The molecule has 5 rings (SSSR count). The Kier molecular flexibility index (Phi) is 6.04. The normalized spacial score (nSPS) is 13.0. The fourth-order valence-corrected chi connectivity index (χ4v) is 3.88. The molecule has 0 spiro atoms. The number of methoxy groups -OCH3 is 2. The second-order valence-corrected chi connectivity index (χ2v) is 8.16. The summed E-state index contributed by atoms with van der Waals surface area (Å²) in [7, 11) is 3.14. The van der Waals surface area contributed by atoms with E-state index < -0.39 is 0 Å². The zero-order valence-electron chi connectivity index (χ0n) is 19.4. The molecular formula is C24H25N7O4. The molecular weight excluding hydrogens is 450 g/mol. The lowest BCUT2D eigenvalue weighted by Gasteiger charge is -2.08. The molecule has 1 aromatic carbocycles. The van der Waals surface area contributed by atoms with Gasteiger partial charge >= 0.3 is 5.69 Å². The maximum atomic E-state index is 13.0. The van der Waals surface area contributed by atoms with Crippen LogP contribution in [0.3, 0.4) is 0 Å². The predicted molar refractivity (Wildman–Crippen MR) is 127 cm³/mol. The van der Waals surface area contributed by atoms with Gasteiger partial charge in [-0.05, 0) is 49.2 Å². The van der Waals surface area contributed by atoms with E-state index in [1.54, 1.807) is 55.4 Å². The molecule has 3 aromatic heterocycles. The summed E-state index contributed by atoms with van der Waals surface area (Å²) < 4.78 is 13.8. The van der Waals surface area contributed by atoms with Crippen LogP contribution >= 0.6 is 0 Å². The predicted octanol–water partition coefficient (Wildman–Crippen LogP) is 2.28. The number of hydrogen-bond donors (Lipinski definition) is 2. The first-order chi connectivity index (χ1) is 17.1. The van der Waals surface area contributed by atoms with Gasteiger partial charge in [-0.2, -0.15) is 5.10 Å². The minimum atomic E-state index is -0.340. The molecule has 0 saturated heterocycles. The second-order valence-electron chi connectivity index (χ2n) is 8.16. The highest BCUT2D eigenvalue weighted by Crippen LogP contribution is 2.36. The third kappa shape index (κ3) is 4.52. The molecule has 11 heteroatoms. The second kappa shape index (κ2) is 9.45. The van der Waals surface area contributed by atoms with E-state index in [0.29, 0.717) is 28.6 Å². The summed E-state index contributed by atoms with van der Waals surface area (Å²) in [6.07, 6.45) is 5.28. The van der Waals surface area contributed by atoms with Gasteiger partial charge in [0, 0.05) is 36.1 Å². The van der Waals surface area contributed by atoms with E-state index in [1.807, 2.05) is 12.1 Å². The fourth-order valence-electron chi connectivity index (χ4n) is 3.88. The lowest BCUT2D eigenvalue weighted by molar-refractivity contribution is 0.0946. The van der Waals surface area contributed by atoms with Gasteiger partial charge in [-0.1, -0.05) is 0 Å². The molecule has 1 amide bonds. The van der Waals surface area contributed by atoms with Crippen LogP contribution in [0.15, 0.2) is 53.6 Å². The highest BCUT2D eigenvalue weighted by atomic mass is 16.5. The number of nitrogens with zero attached hydrogens (tertiary/aromatic N) is 5. The molecule has 11 nitrogen and oxygen atoms in total. The Hall–Kier alpha value is -4.41. The highest BCUT2D eigenvalue weighted by Gasteiger charge is 2.30. The van der Waals surface area contributed by atoms with Crippen molar-refractivity contribution in [3.63, 3.8) is 0 Å². The van der Waals surface area contributed by atoms with Gasteiger partial charge in [0.05, 0.1) is 26.5 Å². The van der Waals surface area contributed by atoms with E-state index in [1.165, 1.54) is 4.68 Å². The van der Waals surface area contributed by atoms with Gasteiger partial charge in [-0.15, -0.1) is 5.10 Å². The van der Waals surface area contributed by atoms with E-state index in [-0.39, 0.29) is 36.4 Å². The summed E-state index contributed by atoms with van der Waals surface area (Å²) in [5, 5.41) is 14.3. The Bertz CT molecular complexity index is 1400. The van der Waals surface area contributed by atoms with Crippen molar-refractivity contribution in [2.24, 2.45) is 0 Å². The van der Waals surface area contributed by atoms with Crippen molar-refractivity contribution in [3.05, 3.63) is 65.0 Å². The first kappa shape index (κ1) is 22.4. The summed E-state index contributed by atoms with van der Waals surface area (Å²) in [4.78, 5) is 29.8. The molecule has 0 bridgehead atoms. The largest absolute Gasteiger partial charge is 0.497 e. The van der Waals surface area contributed by atoms with Gasteiger partial charge in [0.15, 0.2) is 5.82 Å². The Morgan fingerprint density at radius 2 is 2.06 bits per heavy atom. The summed E-state index contributed by atoms with van der Waals surface area (Å²) in [6.45, 7) is 0.464. The van der Waals surface area contributed by atoms with Crippen molar-refractivity contribution < 1.29 is 14.3 Å². The SMILES string of the molecule is COc1ccc(OC)c(-c2cc(C(=O)NCCn3nc(-c4cccnc4)n(C4CC4)c3=O)[nH]n2)c1. The van der Waals surface area contributed by atoms with Crippen LogP contribution in [0.5, 0.6) is 11.5 Å². The monoisotopic (exact) mass is 475 g/mol. The summed E-state index contributed by atoms with van der Waals surface area (Å²) >= 11 is 0.